The minimum absolute atomic E-state index is 0.0459. The Morgan fingerprint density at radius 1 is 1.10 bits per heavy atom. The van der Waals surface area contributed by atoms with Crippen LogP contribution < -0.4 is 15.4 Å². The summed E-state index contributed by atoms with van der Waals surface area (Å²) in [5.41, 5.74) is 8.60. The van der Waals surface area contributed by atoms with Crippen LogP contribution in [0.1, 0.15) is 64.0 Å². The van der Waals surface area contributed by atoms with Crippen LogP contribution in [-0.4, -0.2) is 24.5 Å². The molecule has 5 nitrogen and oxygen atoms in total. The average molecular weight is 409 g/mol. The standard InChI is InChI=1S/C25H32N2O3/c1-17-16-21(24(26)29)20-8-5-6-9-22(20)27(17)23(28)10-7-15-30-19-13-11-18(12-14-19)25(2,3)4/h5-6,8-9,11-14,17,21H,7,10,15-16H2,1-4H3,(H2,26,29). The van der Waals surface area contributed by atoms with Gasteiger partial charge in [0.15, 0.2) is 0 Å². The number of hydrogen-bond acceptors (Lipinski definition) is 3. The lowest BCUT2D eigenvalue weighted by molar-refractivity contribution is -0.122. The molecular weight excluding hydrogens is 376 g/mol. The summed E-state index contributed by atoms with van der Waals surface area (Å²) in [7, 11) is 0. The van der Waals surface area contributed by atoms with Gasteiger partial charge >= 0.3 is 0 Å². The second-order valence-electron chi connectivity index (χ2n) is 9.09. The molecule has 0 spiro atoms. The van der Waals surface area contributed by atoms with Crippen LogP contribution in [-0.2, 0) is 15.0 Å². The van der Waals surface area contributed by atoms with Crippen molar-refractivity contribution >= 4 is 17.5 Å². The Kier molecular flexibility index (Phi) is 6.49. The summed E-state index contributed by atoms with van der Waals surface area (Å²) in [4.78, 5) is 26.6. The highest BCUT2D eigenvalue weighted by Crippen LogP contribution is 2.38. The van der Waals surface area contributed by atoms with Crippen molar-refractivity contribution in [2.45, 2.75) is 64.3 Å². The first-order chi connectivity index (χ1) is 14.2. The zero-order valence-electron chi connectivity index (χ0n) is 18.4. The zero-order chi connectivity index (χ0) is 21.9. The second-order valence-corrected chi connectivity index (χ2v) is 9.09. The molecule has 2 N–H and O–H groups in total. The molecule has 3 rings (SSSR count). The third-order valence-electron chi connectivity index (χ3n) is 5.73. The number of primary amides is 1. The number of para-hydroxylation sites is 1. The lowest BCUT2D eigenvalue weighted by Gasteiger charge is -2.38. The molecule has 1 aliphatic heterocycles. The number of amides is 2. The van der Waals surface area contributed by atoms with Crippen LogP contribution in [0.2, 0.25) is 0 Å². The third kappa shape index (κ3) is 4.84. The number of rotatable bonds is 6. The fourth-order valence-corrected chi connectivity index (χ4v) is 4.05. The van der Waals surface area contributed by atoms with Crippen molar-refractivity contribution in [1.82, 2.24) is 0 Å². The first kappa shape index (κ1) is 21.9. The Bertz CT molecular complexity index is 899. The van der Waals surface area contributed by atoms with Gasteiger partial charge in [0.1, 0.15) is 5.75 Å². The van der Waals surface area contributed by atoms with E-state index >= 15 is 0 Å². The largest absolute Gasteiger partial charge is 0.494 e. The van der Waals surface area contributed by atoms with E-state index in [2.05, 4.69) is 32.9 Å². The van der Waals surface area contributed by atoms with E-state index in [4.69, 9.17) is 10.5 Å². The predicted octanol–water partition coefficient (Wildman–Crippen LogP) is 4.54. The Labute approximate surface area is 179 Å². The topological polar surface area (TPSA) is 72.6 Å². The highest BCUT2D eigenvalue weighted by atomic mass is 16.5. The summed E-state index contributed by atoms with van der Waals surface area (Å²) in [6.45, 7) is 8.99. The SMILES string of the molecule is CC1CC(C(N)=O)c2ccccc2N1C(=O)CCCOc1ccc(C(C)(C)C)cc1. The Balaban J connectivity index is 1.58. The maximum atomic E-state index is 13.0. The van der Waals surface area contributed by atoms with Gasteiger partial charge in [-0.3, -0.25) is 9.59 Å². The van der Waals surface area contributed by atoms with Gasteiger partial charge in [0, 0.05) is 18.2 Å². The lowest BCUT2D eigenvalue weighted by Crippen LogP contribution is -2.45. The van der Waals surface area contributed by atoms with Gasteiger partial charge < -0.3 is 15.4 Å². The molecule has 5 heteroatoms. The molecule has 2 aromatic rings. The van der Waals surface area contributed by atoms with Gasteiger partial charge in [0.2, 0.25) is 11.8 Å². The maximum absolute atomic E-state index is 13.0. The van der Waals surface area contributed by atoms with Crippen LogP contribution in [0.15, 0.2) is 48.5 Å². The van der Waals surface area contributed by atoms with Crippen molar-refractivity contribution in [3.8, 4) is 5.75 Å². The van der Waals surface area contributed by atoms with Gasteiger partial charge in [-0.25, -0.2) is 0 Å². The molecule has 2 atom stereocenters. The van der Waals surface area contributed by atoms with E-state index in [9.17, 15) is 9.59 Å². The summed E-state index contributed by atoms with van der Waals surface area (Å²) >= 11 is 0. The molecule has 0 aromatic heterocycles. The van der Waals surface area contributed by atoms with Crippen molar-refractivity contribution < 1.29 is 14.3 Å². The predicted molar refractivity (Wildman–Crippen MR) is 120 cm³/mol. The minimum atomic E-state index is -0.348. The van der Waals surface area contributed by atoms with Crippen molar-refractivity contribution in [2.24, 2.45) is 5.73 Å². The number of nitrogens with two attached hydrogens (primary N) is 1. The molecule has 2 unspecified atom stereocenters. The summed E-state index contributed by atoms with van der Waals surface area (Å²) < 4.78 is 5.82. The highest BCUT2D eigenvalue weighted by Gasteiger charge is 2.35. The van der Waals surface area contributed by atoms with Gasteiger partial charge in [0.05, 0.1) is 12.5 Å². The van der Waals surface area contributed by atoms with E-state index in [-0.39, 0.29) is 29.2 Å². The van der Waals surface area contributed by atoms with Gasteiger partial charge in [-0.2, -0.15) is 0 Å². The van der Waals surface area contributed by atoms with Crippen LogP contribution >= 0.6 is 0 Å². The monoisotopic (exact) mass is 408 g/mol. The number of anilines is 1. The molecular formula is C25H32N2O3. The fourth-order valence-electron chi connectivity index (χ4n) is 4.05. The van der Waals surface area contributed by atoms with Crippen molar-refractivity contribution in [2.75, 3.05) is 11.5 Å². The van der Waals surface area contributed by atoms with Crippen molar-refractivity contribution in [1.29, 1.82) is 0 Å². The van der Waals surface area contributed by atoms with Crippen LogP contribution in [0.3, 0.4) is 0 Å². The van der Waals surface area contributed by atoms with Gasteiger partial charge in [-0.05, 0) is 54.5 Å². The van der Waals surface area contributed by atoms with E-state index in [0.29, 0.717) is 25.9 Å². The number of benzene rings is 2. The summed E-state index contributed by atoms with van der Waals surface area (Å²) in [6, 6.07) is 15.6. The summed E-state index contributed by atoms with van der Waals surface area (Å²) in [5, 5.41) is 0. The first-order valence-corrected chi connectivity index (χ1v) is 10.6. The summed E-state index contributed by atoms with van der Waals surface area (Å²) in [6.07, 6.45) is 1.57. The molecule has 0 aliphatic carbocycles. The number of hydrogen-bond donors (Lipinski definition) is 1. The van der Waals surface area contributed by atoms with Crippen LogP contribution in [0, 0.1) is 0 Å². The number of carbonyl (C=O) groups is 2. The zero-order valence-corrected chi connectivity index (χ0v) is 18.4. The fraction of sp³-hybridized carbons (Fsp3) is 0.440. The van der Waals surface area contributed by atoms with Gasteiger partial charge in [-0.15, -0.1) is 0 Å². The normalized spacial score (nSPS) is 18.6. The Hall–Kier alpha value is -2.82. The maximum Gasteiger partial charge on any atom is 0.227 e. The molecule has 0 saturated carbocycles. The molecule has 1 heterocycles. The number of ether oxygens (including phenoxy) is 1. The molecule has 0 saturated heterocycles. The van der Waals surface area contributed by atoms with E-state index in [1.807, 2.05) is 48.2 Å². The first-order valence-electron chi connectivity index (χ1n) is 10.6. The summed E-state index contributed by atoms with van der Waals surface area (Å²) in [5.74, 6) is 0.174. The van der Waals surface area contributed by atoms with E-state index < -0.39 is 0 Å². The van der Waals surface area contributed by atoms with E-state index in [0.717, 1.165) is 17.0 Å². The van der Waals surface area contributed by atoms with E-state index in [1.54, 1.807) is 0 Å². The average Bonchev–Trinajstić information content (AvgIpc) is 2.70. The molecule has 0 bridgehead atoms. The number of carbonyl (C=O) groups excluding carboxylic acids is 2. The molecule has 0 radical (unpaired) electrons. The van der Waals surface area contributed by atoms with Crippen molar-refractivity contribution in [3.05, 3.63) is 59.7 Å². The van der Waals surface area contributed by atoms with Crippen LogP contribution in [0.25, 0.3) is 0 Å². The van der Waals surface area contributed by atoms with Gasteiger partial charge in [-0.1, -0.05) is 51.1 Å². The molecule has 160 valence electrons. The molecule has 2 aromatic carbocycles. The number of nitrogens with zero attached hydrogens (tertiary/aromatic N) is 1. The quantitative estimate of drug-likeness (QED) is 0.714. The molecule has 1 aliphatic rings. The number of fused-ring (bicyclic) bond motifs is 1. The molecule has 2 amide bonds. The molecule has 0 fully saturated rings. The Morgan fingerprint density at radius 3 is 2.40 bits per heavy atom. The third-order valence-corrected chi connectivity index (χ3v) is 5.73. The second kappa shape index (κ2) is 8.90. The van der Waals surface area contributed by atoms with Gasteiger partial charge in [0.25, 0.3) is 0 Å². The lowest BCUT2D eigenvalue weighted by atomic mass is 9.85. The highest BCUT2D eigenvalue weighted by molar-refractivity contribution is 5.97. The minimum Gasteiger partial charge on any atom is -0.494 e. The van der Waals surface area contributed by atoms with Crippen LogP contribution in [0.5, 0.6) is 5.75 Å². The van der Waals surface area contributed by atoms with E-state index in [1.165, 1.54) is 5.56 Å². The smallest absolute Gasteiger partial charge is 0.227 e. The van der Waals surface area contributed by atoms with Crippen LogP contribution in [0.4, 0.5) is 5.69 Å². The van der Waals surface area contributed by atoms with Crippen molar-refractivity contribution in [3.63, 3.8) is 0 Å². The Morgan fingerprint density at radius 2 is 1.77 bits per heavy atom. The molecule has 30 heavy (non-hydrogen) atoms.